The van der Waals surface area contributed by atoms with E-state index in [1.165, 1.54) is 40.4 Å². The molecule has 0 saturated carbocycles. The van der Waals surface area contributed by atoms with Crippen molar-refractivity contribution in [2.45, 2.75) is 26.1 Å². The Balaban J connectivity index is 1.44. The molecule has 190 valence electrons. The maximum Gasteiger partial charge on any atom is 0.433 e. The van der Waals surface area contributed by atoms with Gasteiger partial charge in [0.25, 0.3) is 5.91 Å². The van der Waals surface area contributed by atoms with Crippen molar-refractivity contribution in [2.24, 2.45) is 0 Å². The Bertz CT molecular complexity index is 1620. The Labute approximate surface area is 216 Å². The van der Waals surface area contributed by atoms with Gasteiger partial charge in [-0.25, -0.2) is 13.9 Å². The van der Waals surface area contributed by atoms with Gasteiger partial charge in [0.15, 0.2) is 22.9 Å². The van der Waals surface area contributed by atoms with Crippen molar-refractivity contribution in [3.05, 3.63) is 87.4 Å². The summed E-state index contributed by atoms with van der Waals surface area (Å²) < 4.78 is 57.0. The van der Waals surface area contributed by atoms with Crippen molar-refractivity contribution in [1.82, 2.24) is 24.4 Å². The van der Waals surface area contributed by atoms with Crippen molar-refractivity contribution >= 4 is 40.3 Å². The zero-order chi connectivity index (χ0) is 26.3. The van der Waals surface area contributed by atoms with Crippen molar-refractivity contribution in [3.63, 3.8) is 0 Å². The molecule has 0 fully saturated rings. The van der Waals surface area contributed by atoms with Crippen molar-refractivity contribution in [1.29, 1.82) is 0 Å². The number of hydrogen-bond acceptors (Lipinski definition) is 5. The van der Waals surface area contributed by atoms with E-state index in [4.69, 9.17) is 11.6 Å². The van der Waals surface area contributed by atoms with E-state index < -0.39 is 23.6 Å². The van der Waals surface area contributed by atoms with Gasteiger partial charge in [-0.05, 0) is 42.3 Å². The second kappa shape index (κ2) is 9.60. The standard InChI is InChI=1S/C24H17ClF4N6OS/c1-2-15-6-7-19(37-15)17-9-20(24(27,28)29)35-21(30-17)10-18(32-35)23(36)31-22-16(25)12-34(33-22)11-13-4-3-5-14(26)8-13/h3-10,12H,2,11H2,1H3,(H,31,33,36). The van der Waals surface area contributed by atoms with Crippen LogP contribution in [0.3, 0.4) is 0 Å². The van der Waals surface area contributed by atoms with E-state index in [-0.39, 0.29) is 34.4 Å². The first-order valence-electron chi connectivity index (χ1n) is 11.0. The van der Waals surface area contributed by atoms with Gasteiger partial charge in [-0.15, -0.1) is 11.3 Å². The molecular weight excluding hydrogens is 532 g/mol. The molecule has 37 heavy (non-hydrogen) atoms. The summed E-state index contributed by atoms with van der Waals surface area (Å²) in [6, 6.07) is 11.5. The Morgan fingerprint density at radius 2 is 1.95 bits per heavy atom. The molecule has 4 heterocycles. The number of carbonyl (C=O) groups is 1. The largest absolute Gasteiger partial charge is 0.433 e. The fourth-order valence-electron chi connectivity index (χ4n) is 3.68. The molecule has 0 aliphatic heterocycles. The van der Waals surface area contributed by atoms with Crippen LogP contribution in [-0.4, -0.2) is 30.3 Å². The van der Waals surface area contributed by atoms with Crippen LogP contribution in [0.5, 0.6) is 0 Å². The zero-order valence-corrected chi connectivity index (χ0v) is 20.6. The predicted molar refractivity (Wildman–Crippen MR) is 131 cm³/mol. The number of nitrogens with zero attached hydrogens (tertiary/aromatic N) is 5. The highest BCUT2D eigenvalue weighted by Gasteiger charge is 2.36. The van der Waals surface area contributed by atoms with Gasteiger partial charge in [-0.1, -0.05) is 30.7 Å². The first-order chi connectivity index (χ1) is 17.6. The minimum atomic E-state index is -4.74. The molecule has 0 radical (unpaired) electrons. The molecule has 5 aromatic rings. The van der Waals surface area contributed by atoms with Crippen LogP contribution in [0.2, 0.25) is 5.02 Å². The number of aromatic nitrogens is 5. The van der Waals surface area contributed by atoms with Crippen LogP contribution in [-0.2, 0) is 19.1 Å². The van der Waals surface area contributed by atoms with Gasteiger partial charge >= 0.3 is 6.18 Å². The van der Waals surface area contributed by atoms with Crippen LogP contribution in [0.4, 0.5) is 23.4 Å². The minimum absolute atomic E-state index is 0.0181. The average Bonchev–Trinajstić information content (AvgIpc) is 3.56. The van der Waals surface area contributed by atoms with Crippen LogP contribution in [0.1, 0.15) is 33.5 Å². The van der Waals surface area contributed by atoms with E-state index in [1.54, 1.807) is 18.2 Å². The Morgan fingerprint density at radius 1 is 1.14 bits per heavy atom. The quantitative estimate of drug-likeness (QED) is 0.252. The molecule has 7 nitrogen and oxygen atoms in total. The van der Waals surface area contributed by atoms with Crippen LogP contribution >= 0.6 is 22.9 Å². The van der Waals surface area contributed by atoms with Crippen molar-refractivity contribution in [3.8, 4) is 10.6 Å². The third kappa shape index (κ3) is 5.20. The first-order valence-corrected chi connectivity index (χ1v) is 12.2. The summed E-state index contributed by atoms with van der Waals surface area (Å²) in [4.78, 5) is 18.7. The Hall–Kier alpha value is -3.77. The molecule has 1 amide bonds. The number of amides is 1. The fraction of sp³-hybridized carbons (Fsp3) is 0.167. The molecule has 0 bridgehead atoms. The average molecular weight is 549 g/mol. The molecule has 1 aromatic carbocycles. The number of rotatable bonds is 6. The molecule has 0 aliphatic rings. The number of alkyl halides is 3. The number of nitrogens with one attached hydrogen (secondary N) is 1. The number of benzene rings is 1. The maximum absolute atomic E-state index is 13.9. The minimum Gasteiger partial charge on any atom is -0.302 e. The molecule has 0 saturated heterocycles. The van der Waals surface area contributed by atoms with Crippen LogP contribution < -0.4 is 5.32 Å². The summed E-state index contributed by atoms with van der Waals surface area (Å²) in [5.74, 6) is -1.24. The van der Waals surface area contributed by atoms with Gasteiger partial charge in [0.05, 0.1) is 17.1 Å². The van der Waals surface area contributed by atoms with Crippen molar-refractivity contribution < 1.29 is 22.4 Å². The molecule has 5 rings (SSSR count). The van der Waals surface area contributed by atoms with Gasteiger partial charge in [0, 0.05) is 17.1 Å². The first kappa shape index (κ1) is 24.9. The summed E-state index contributed by atoms with van der Waals surface area (Å²) in [6.07, 6.45) is -2.55. The highest BCUT2D eigenvalue weighted by atomic mass is 35.5. The molecule has 0 spiro atoms. The molecule has 1 N–H and O–H groups in total. The smallest absolute Gasteiger partial charge is 0.302 e. The molecular formula is C24H17ClF4N6OS. The summed E-state index contributed by atoms with van der Waals surface area (Å²) in [5, 5.41) is 10.6. The predicted octanol–water partition coefficient (Wildman–Crippen LogP) is 6.33. The Kier molecular flexibility index (Phi) is 6.46. The van der Waals surface area contributed by atoms with E-state index in [2.05, 4.69) is 20.5 Å². The third-order valence-corrected chi connectivity index (χ3v) is 6.92. The number of carbonyl (C=O) groups excluding carboxylic acids is 1. The lowest BCUT2D eigenvalue weighted by molar-refractivity contribution is -0.142. The van der Waals surface area contributed by atoms with E-state index in [9.17, 15) is 22.4 Å². The number of aryl methyl sites for hydroxylation is 1. The lowest BCUT2D eigenvalue weighted by atomic mass is 10.2. The molecule has 0 unspecified atom stereocenters. The maximum atomic E-state index is 13.9. The number of hydrogen-bond donors (Lipinski definition) is 1. The molecule has 0 atom stereocenters. The second-order valence-electron chi connectivity index (χ2n) is 8.05. The van der Waals surface area contributed by atoms with E-state index >= 15 is 0 Å². The second-order valence-corrected chi connectivity index (χ2v) is 9.63. The van der Waals surface area contributed by atoms with Gasteiger partial charge in [0.2, 0.25) is 0 Å². The lowest BCUT2D eigenvalue weighted by Crippen LogP contribution is -2.16. The highest BCUT2D eigenvalue weighted by Crippen LogP contribution is 2.34. The molecule has 4 aromatic heterocycles. The summed E-state index contributed by atoms with van der Waals surface area (Å²) >= 11 is 7.53. The van der Waals surface area contributed by atoms with Gasteiger partial charge < -0.3 is 5.32 Å². The van der Waals surface area contributed by atoms with Gasteiger partial charge in [-0.2, -0.15) is 23.4 Å². The number of fused-ring (bicyclic) bond motifs is 1. The van der Waals surface area contributed by atoms with E-state index in [0.717, 1.165) is 17.4 Å². The number of halogens is 5. The fourth-order valence-corrected chi connectivity index (χ4v) is 4.78. The van der Waals surface area contributed by atoms with Crippen LogP contribution in [0, 0.1) is 5.82 Å². The van der Waals surface area contributed by atoms with E-state index in [0.29, 0.717) is 15.0 Å². The third-order valence-electron chi connectivity index (χ3n) is 5.40. The monoisotopic (exact) mass is 548 g/mol. The van der Waals surface area contributed by atoms with Crippen LogP contribution in [0.25, 0.3) is 16.2 Å². The Morgan fingerprint density at radius 3 is 2.65 bits per heavy atom. The summed E-state index contributed by atoms with van der Waals surface area (Å²) in [5.41, 5.74) is -0.739. The van der Waals surface area contributed by atoms with Gasteiger partial charge in [-0.3, -0.25) is 9.48 Å². The van der Waals surface area contributed by atoms with E-state index in [1.807, 2.05) is 13.0 Å². The topological polar surface area (TPSA) is 77.1 Å². The molecule has 13 heteroatoms. The summed E-state index contributed by atoms with van der Waals surface area (Å²) in [7, 11) is 0. The number of anilines is 1. The lowest BCUT2D eigenvalue weighted by Gasteiger charge is -2.10. The SMILES string of the molecule is CCc1ccc(-c2cc(C(F)(F)F)n3nc(C(=O)Nc4nn(Cc5cccc(F)c5)cc4Cl)cc3n2)s1. The molecule has 0 aliphatic carbocycles. The zero-order valence-electron chi connectivity index (χ0n) is 19.1. The highest BCUT2D eigenvalue weighted by molar-refractivity contribution is 7.15. The number of thiophene rings is 1. The summed E-state index contributed by atoms with van der Waals surface area (Å²) in [6.45, 7) is 2.14. The van der Waals surface area contributed by atoms with Crippen molar-refractivity contribution in [2.75, 3.05) is 5.32 Å². The normalized spacial score (nSPS) is 11.8. The van der Waals surface area contributed by atoms with Crippen LogP contribution in [0.15, 0.2) is 54.7 Å². The van der Waals surface area contributed by atoms with Gasteiger partial charge in [0.1, 0.15) is 10.8 Å².